The summed E-state index contributed by atoms with van der Waals surface area (Å²) < 4.78 is 37.7. The number of carbonyl (C=O) groups is 1. The Labute approximate surface area is 166 Å². The molecule has 0 bridgehead atoms. The summed E-state index contributed by atoms with van der Waals surface area (Å²) in [5.41, 5.74) is 4.01. The van der Waals surface area contributed by atoms with Crippen molar-refractivity contribution in [3.8, 4) is 0 Å². The lowest BCUT2D eigenvalue weighted by molar-refractivity contribution is 0.0470. The average molecular weight is 404 g/mol. The van der Waals surface area contributed by atoms with Gasteiger partial charge in [0.25, 0.3) is 0 Å². The van der Waals surface area contributed by atoms with E-state index in [9.17, 15) is 13.2 Å². The van der Waals surface area contributed by atoms with Gasteiger partial charge in [0.15, 0.2) is 0 Å². The van der Waals surface area contributed by atoms with Crippen molar-refractivity contribution in [2.45, 2.75) is 32.3 Å². The fourth-order valence-corrected chi connectivity index (χ4v) is 4.93. The van der Waals surface area contributed by atoms with Gasteiger partial charge < -0.3 is 9.47 Å². The molecule has 150 valence electrons. The molecule has 1 aliphatic rings. The second-order valence-electron chi connectivity index (χ2n) is 7.01. The van der Waals surface area contributed by atoms with Crippen molar-refractivity contribution in [2.75, 3.05) is 26.3 Å². The summed E-state index contributed by atoms with van der Waals surface area (Å²) in [7, 11) is -3.58. The van der Waals surface area contributed by atoms with E-state index < -0.39 is 16.0 Å². The molecule has 0 aliphatic carbocycles. The van der Waals surface area contributed by atoms with Gasteiger partial charge in [-0.15, -0.1) is 0 Å². The summed E-state index contributed by atoms with van der Waals surface area (Å²) in [6, 6.07) is 10.4. The zero-order chi connectivity index (χ0) is 20.3. The standard InChI is InChI=1S/C21H25NO5S/c1-15-11-16(2)20(17(3)12-15)21(23)27-14-18-5-4-6-19(13-18)28(24,25)22-7-9-26-10-8-22/h4-6,11-13H,7-10,14H2,1-3H3. The highest BCUT2D eigenvalue weighted by atomic mass is 32.2. The van der Waals surface area contributed by atoms with Gasteiger partial charge in [-0.3, -0.25) is 0 Å². The molecule has 0 atom stereocenters. The van der Waals surface area contributed by atoms with E-state index in [1.54, 1.807) is 24.3 Å². The molecule has 3 rings (SSSR count). The normalized spacial score (nSPS) is 15.4. The van der Waals surface area contributed by atoms with Gasteiger partial charge in [0.1, 0.15) is 6.61 Å². The summed E-state index contributed by atoms with van der Waals surface area (Å²) in [6.45, 7) is 7.23. The minimum absolute atomic E-state index is 0.0120. The number of morpholine rings is 1. The molecule has 0 amide bonds. The number of ether oxygens (including phenoxy) is 2. The van der Waals surface area contributed by atoms with Crippen LogP contribution in [-0.2, 0) is 26.1 Å². The lowest BCUT2D eigenvalue weighted by Crippen LogP contribution is -2.40. The van der Waals surface area contributed by atoms with Crippen molar-refractivity contribution in [3.63, 3.8) is 0 Å². The minimum Gasteiger partial charge on any atom is -0.457 e. The summed E-state index contributed by atoms with van der Waals surface area (Å²) in [6.07, 6.45) is 0. The van der Waals surface area contributed by atoms with Gasteiger partial charge in [0, 0.05) is 13.1 Å². The summed E-state index contributed by atoms with van der Waals surface area (Å²) in [5.74, 6) is -0.406. The molecule has 0 spiro atoms. The van der Waals surface area contributed by atoms with Gasteiger partial charge >= 0.3 is 5.97 Å². The van der Waals surface area contributed by atoms with Crippen LogP contribution in [0.25, 0.3) is 0 Å². The summed E-state index contributed by atoms with van der Waals surface area (Å²) >= 11 is 0. The number of rotatable bonds is 5. The van der Waals surface area contributed by atoms with Crippen LogP contribution in [0.1, 0.15) is 32.6 Å². The fraction of sp³-hybridized carbons (Fsp3) is 0.381. The molecular formula is C21H25NO5S. The van der Waals surface area contributed by atoms with Gasteiger partial charge in [-0.05, 0) is 49.6 Å². The van der Waals surface area contributed by atoms with Crippen molar-refractivity contribution in [1.82, 2.24) is 4.31 Å². The molecule has 1 heterocycles. The topological polar surface area (TPSA) is 72.9 Å². The quantitative estimate of drug-likeness (QED) is 0.718. The lowest BCUT2D eigenvalue weighted by atomic mass is 10.00. The van der Waals surface area contributed by atoms with Crippen molar-refractivity contribution in [3.05, 3.63) is 64.2 Å². The number of hydrogen-bond donors (Lipinski definition) is 0. The molecule has 1 fully saturated rings. The minimum atomic E-state index is -3.58. The first-order valence-corrected chi connectivity index (χ1v) is 10.6. The molecule has 0 saturated carbocycles. The van der Waals surface area contributed by atoms with E-state index >= 15 is 0 Å². The first-order chi connectivity index (χ1) is 13.3. The third-order valence-corrected chi connectivity index (χ3v) is 6.65. The molecule has 7 heteroatoms. The number of aryl methyl sites for hydroxylation is 3. The van der Waals surface area contributed by atoms with Gasteiger partial charge in [-0.25, -0.2) is 13.2 Å². The highest BCUT2D eigenvalue weighted by Crippen LogP contribution is 2.21. The molecule has 28 heavy (non-hydrogen) atoms. The van der Waals surface area contributed by atoms with Crippen LogP contribution in [0.4, 0.5) is 0 Å². The van der Waals surface area contributed by atoms with Crippen LogP contribution < -0.4 is 0 Å². The predicted molar refractivity (Wildman–Crippen MR) is 106 cm³/mol. The smallest absolute Gasteiger partial charge is 0.339 e. The molecule has 1 saturated heterocycles. The zero-order valence-electron chi connectivity index (χ0n) is 16.4. The third kappa shape index (κ3) is 4.43. The molecule has 6 nitrogen and oxygen atoms in total. The van der Waals surface area contributed by atoms with Crippen LogP contribution >= 0.6 is 0 Å². The van der Waals surface area contributed by atoms with E-state index in [2.05, 4.69) is 0 Å². The van der Waals surface area contributed by atoms with Gasteiger partial charge in [0.05, 0.1) is 23.7 Å². The molecule has 0 aromatic heterocycles. The Hall–Kier alpha value is -2.22. The number of hydrogen-bond acceptors (Lipinski definition) is 5. The van der Waals surface area contributed by atoms with Crippen molar-refractivity contribution >= 4 is 16.0 Å². The number of nitrogens with zero attached hydrogens (tertiary/aromatic N) is 1. The maximum absolute atomic E-state index is 12.8. The molecule has 0 N–H and O–H groups in total. The predicted octanol–water partition coefficient (Wildman–Crippen LogP) is 2.99. The van der Waals surface area contributed by atoms with Crippen LogP contribution in [0.3, 0.4) is 0 Å². The van der Waals surface area contributed by atoms with Crippen LogP contribution in [0.15, 0.2) is 41.3 Å². The average Bonchev–Trinajstić information content (AvgIpc) is 2.66. The van der Waals surface area contributed by atoms with E-state index in [1.807, 2.05) is 32.9 Å². The first kappa shape index (κ1) is 20.5. The van der Waals surface area contributed by atoms with Crippen molar-refractivity contribution < 1.29 is 22.7 Å². The highest BCUT2D eigenvalue weighted by molar-refractivity contribution is 7.89. The molecule has 2 aromatic rings. The maximum Gasteiger partial charge on any atom is 0.339 e. The largest absolute Gasteiger partial charge is 0.457 e. The van der Waals surface area contributed by atoms with Gasteiger partial charge in [-0.1, -0.05) is 29.8 Å². The fourth-order valence-electron chi connectivity index (χ4n) is 3.45. The number of sulfonamides is 1. The SMILES string of the molecule is Cc1cc(C)c(C(=O)OCc2cccc(S(=O)(=O)N3CCOCC3)c2)c(C)c1. The van der Waals surface area contributed by atoms with Crippen molar-refractivity contribution in [1.29, 1.82) is 0 Å². The van der Waals surface area contributed by atoms with Gasteiger partial charge in [-0.2, -0.15) is 4.31 Å². The molecule has 2 aromatic carbocycles. The molecule has 0 unspecified atom stereocenters. The second-order valence-corrected chi connectivity index (χ2v) is 8.95. The maximum atomic E-state index is 12.8. The van der Waals surface area contributed by atoms with Crippen LogP contribution in [0.2, 0.25) is 0 Å². The highest BCUT2D eigenvalue weighted by Gasteiger charge is 2.26. The number of esters is 1. The Morgan fingerprint density at radius 2 is 1.71 bits per heavy atom. The third-order valence-electron chi connectivity index (χ3n) is 4.76. The summed E-state index contributed by atoms with van der Waals surface area (Å²) in [5, 5.41) is 0. The Morgan fingerprint density at radius 1 is 1.07 bits per heavy atom. The molecule has 0 radical (unpaired) electrons. The van der Waals surface area contributed by atoms with Crippen LogP contribution in [0, 0.1) is 20.8 Å². The zero-order valence-corrected chi connectivity index (χ0v) is 17.2. The van der Waals surface area contributed by atoms with Gasteiger partial charge in [0.2, 0.25) is 10.0 Å². The Kier molecular flexibility index (Phi) is 6.17. The number of carbonyl (C=O) groups excluding carboxylic acids is 1. The van der Waals surface area contributed by atoms with Crippen LogP contribution in [0.5, 0.6) is 0 Å². The molecule has 1 aliphatic heterocycles. The van der Waals surface area contributed by atoms with E-state index in [0.717, 1.165) is 16.7 Å². The van der Waals surface area contributed by atoms with E-state index in [1.165, 1.54) is 4.31 Å². The van der Waals surface area contributed by atoms with E-state index in [-0.39, 0.29) is 11.5 Å². The Morgan fingerprint density at radius 3 is 2.36 bits per heavy atom. The lowest BCUT2D eigenvalue weighted by Gasteiger charge is -2.26. The Balaban J connectivity index is 1.74. The summed E-state index contributed by atoms with van der Waals surface area (Å²) in [4.78, 5) is 12.7. The first-order valence-electron chi connectivity index (χ1n) is 9.21. The van der Waals surface area contributed by atoms with Crippen LogP contribution in [-0.4, -0.2) is 45.0 Å². The Bertz CT molecular complexity index is 955. The van der Waals surface area contributed by atoms with E-state index in [0.29, 0.717) is 37.4 Å². The number of benzene rings is 2. The molecular weight excluding hydrogens is 378 g/mol. The second kappa shape index (κ2) is 8.43. The van der Waals surface area contributed by atoms with E-state index in [4.69, 9.17) is 9.47 Å². The monoisotopic (exact) mass is 403 g/mol. The van der Waals surface area contributed by atoms with Crippen molar-refractivity contribution in [2.24, 2.45) is 0 Å².